The molecular weight excluding hydrogens is 266 g/mol. The molecule has 20 heavy (non-hydrogen) atoms. The van der Waals surface area contributed by atoms with Gasteiger partial charge in [0.15, 0.2) is 0 Å². The molecule has 0 aromatic rings. The number of hydrogen-bond acceptors (Lipinski definition) is 5. The molecule has 1 aliphatic rings. The Hall–Kier alpha value is -1.83. The van der Waals surface area contributed by atoms with Gasteiger partial charge in [-0.25, -0.2) is 4.79 Å². The monoisotopic (exact) mass is 287 g/mol. The van der Waals surface area contributed by atoms with Crippen molar-refractivity contribution in [2.45, 2.75) is 19.4 Å². The Morgan fingerprint density at radius 3 is 2.35 bits per heavy atom. The molecule has 1 atom stereocenters. The Kier molecular flexibility index (Phi) is 6.23. The van der Waals surface area contributed by atoms with Gasteiger partial charge >= 0.3 is 18.0 Å². The molecule has 0 aliphatic carbocycles. The molecule has 8 nitrogen and oxygen atoms in total. The van der Waals surface area contributed by atoms with Crippen LogP contribution < -0.4 is 5.32 Å². The first kappa shape index (κ1) is 16.2. The highest BCUT2D eigenvalue weighted by Gasteiger charge is 2.23. The number of methoxy groups -OCH3 is 1. The first-order chi connectivity index (χ1) is 9.43. The molecule has 1 heterocycles. The molecule has 0 aromatic carbocycles. The normalized spacial score (nSPS) is 17.4. The number of urea groups is 1. The lowest BCUT2D eigenvalue weighted by Crippen LogP contribution is -2.54. The van der Waals surface area contributed by atoms with Crippen molar-refractivity contribution in [2.24, 2.45) is 0 Å². The highest BCUT2D eigenvalue weighted by atomic mass is 16.5. The number of carboxylic acids is 1. The van der Waals surface area contributed by atoms with Crippen LogP contribution in [-0.2, 0) is 14.3 Å². The summed E-state index contributed by atoms with van der Waals surface area (Å²) in [5.74, 6) is -1.31. The number of nitrogens with zero attached hydrogens (tertiary/aromatic N) is 2. The van der Waals surface area contributed by atoms with Crippen LogP contribution in [0.3, 0.4) is 0 Å². The number of carbonyl (C=O) groups excluding carboxylic acids is 2. The second kappa shape index (κ2) is 7.68. The van der Waals surface area contributed by atoms with Gasteiger partial charge in [0.1, 0.15) is 6.04 Å². The summed E-state index contributed by atoms with van der Waals surface area (Å²) in [5, 5.41) is 11.1. The van der Waals surface area contributed by atoms with E-state index in [1.54, 1.807) is 4.90 Å². The number of ether oxygens (including phenoxy) is 1. The van der Waals surface area contributed by atoms with Crippen molar-refractivity contribution in [1.82, 2.24) is 15.1 Å². The Bertz CT molecular complexity index is 366. The van der Waals surface area contributed by atoms with Gasteiger partial charge < -0.3 is 20.1 Å². The summed E-state index contributed by atoms with van der Waals surface area (Å²) in [4.78, 5) is 37.1. The van der Waals surface area contributed by atoms with E-state index in [1.165, 1.54) is 14.0 Å². The molecule has 0 radical (unpaired) electrons. The molecular formula is C12H21N3O5. The van der Waals surface area contributed by atoms with Gasteiger partial charge in [-0.05, 0) is 6.92 Å². The second-order valence-electron chi connectivity index (χ2n) is 4.66. The predicted molar refractivity (Wildman–Crippen MR) is 70.3 cm³/mol. The Labute approximate surface area is 117 Å². The SMILES string of the molecule is COC(=O)CCN1CCN(C(=O)NC(C)C(=O)O)CC1. The molecule has 1 fully saturated rings. The molecule has 0 aromatic heterocycles. The van der Waals surface area contributed by atoms with Crippen molar-refractivity contribution in [1.29, 1.82) is 0 Å². The van der Waals surface area contributed by atoms with Crippen LogP contribution in [0, 0.1) is 0 Å². The Balaban J connectivity index is 2.29. The van der Waals surface area contributed by atoms with E-state index in [4.69, 9.17) is 5.11 Å². The van der Waals surface area contributed by atoms with Crippen LogP contribution in [0.5, 0.6) is 0 Å². The van der Waals surface area contributed by atoms with Crippen molar-refractivity contribution in [3.8, 4) is 0 Å². The molecule has 114 valence electrons. The summed E-state index contributed by atoms with van der Waals surface area (Å²) in [7, 11) is 1.36. The average Bonchev–Trinajstić information content (AvgIpc) is 2.44. The van der Waals surface area contributed by atoms with Gasteiger partial charge in [0.25, 0.3) is 0 Å². The zero-order valence-electron chi connectivity index (χ0n) is 11.8. The summed E-state index contributed by atoms with van der Waals surface area (Å²) in [6.45, 7) is 4.37. The van der Waals surface area contributed by atoms with Crippen molar-refractivity contribution < 1.29 is 24.2 Å². The van der Waals surface area contributed by atoms with Crippen LogP contribution >= 0.6 is 0 Å². The van der Waals surface area contributed by atoms with Gasteiger partial charge in [-0.3, -0.25) is 14.5 Å². The van der Waals surface area contributed by atoms with Crippen molar-refractivity contribution in [2.75, 3.05) is 39.8 Å². The van der Waals surface area contributed by atoms with E-state index in [0.29, 0.717) is 39.1 Å². The first-order valence-electron chi connectivity index (χ1n) is 6.51. The smallest absolute Gasteiger partial charge is 0.325 e. The van der Waals surface area contributed by atoms with E-state index in [1.807, 2.05) is 0 Å². The van der Waals surface area contributed by atoms with Crippen LogP contribution in [0.15, 0.2) is 0 Å². The van der Waals surface area contributed by atoms with Gasteiger partial charge in [-0.15, -0.1) is 0 Å². The number of aliphatic carboxylic acids is 1. The standard InChI is InChI=1S/C12H21N3O5/c1-9(11(17)18)13-12(19)15-7-5-14(6-8-15)4-3-10(16)20-2/h9H,3-8H2,1-2H3,(H,13,19)(H,17,18). The number of nitrogens with one attached hydrogen (secondary N) is 1. The van der Waals surface area contributed by atoms with Gasteiger partial charge in [0.05, 0.1) is 13.5 Å². The predicted octanol–water partition coefficient (Wildman–Crippen LogP) is -0.650. The number of carboxylic acid groups (broad SMARTS) is 1. The largest absolute Gasteiger partial charge is 0.480 e. The van der Waals surface area contributed by atoms with Crippen LogP contribution in [0.1, 0.15) is 13.3 Å². The zero-order valence-corrected chi connectivity index (χ0v) is 11.8. The average molecular weight is 287 g/mol. The quantitative estimate of drug-likeness (QED) is 0.652. The van der Waals surface area contributed by atoms with Crippen LogP contribution in [-0.4, -0.2) is 78.8 Å². The van der Waals surface area contributed by atoms with Crippen molar-refractivity contribution >= 4 is 18.0 Å². The lowest BCUT2D eigenvalue weighted by atomic mass is 10.3. The van der Waals surface area contributed by atoms with E-state index in [2.05, 4.69) is 15.0 Å². The zero-order chi connectivity index (χ0) is 15.1. The van der Waals surface area contributed by atoms with E-state index in [-0.39, 0.29) is 12.0 Å². The fraction of sp³-hybridized carbons (Fsp3) is 0.750. The molecule has 0 saturated carbocycles. The maximum Gasteiger partial charge on any atom is 0.325 e. The maximum atomic E-state index is 11.8. The maximum absolute atomic E-state index is 11.8. The highest BCUT2D eigenvalue weighted by molar-refractivity contribution is 5.82. The summed E-state index contributed by atoms with van der Waals surface area (Å²) >= 11 is 0. The molecule has 1 aliphatic heterocycles. The summed E-state index contributed by atoms with van der Waals surface area (Å²) < 4.78 is 4.57. The number of carbonyl (C=O) groups is 3. The minimum absolute atomic E-state index is 0.250. The minimum Gasteiger partial charge on any atom is -0.480 e. The molecule has 1 unspecified atom stereocenters. The van der Waals surface area contributed by atoms with Gasteiger partial charge in [-0.2, -0.15) is 0 Å². The molecule has 0 bridgehead atoms. The molecule has 0 spiro atoms. The van der Waals surface area contributed by atoms with Crippen LogP contribution in [0.4, 0.5) is 4.79 Å². The molecule has 1 rings (SSSR count). The Morgan fingerprint density at radius 1 is 1.25 bits per heavy atom. The van der Waals surface area contributed by atoms with Crippen LogP contribution in [0.2, 0.25) is 0 Å². The third-order valence-corrected chi connectivity index (χ3v) is 3.23. The highest BCUT2D eigenvalue weighted by Crippen LogP contribution is 2.03. The minimum atomic E-state index is -1.06. The third kappa shape index (κ3) is 5.04. The summed E-state index contributed by atoms with van der Waals surface area (Å²) in [6, 6.07) is -1.27. The second-order valence-corrected chi connectivity index (χ2v) is 4.66. The summed E-state index contributed by atoms with van der Waals surface area (Å²) in [5.41, 5.74) is 0. The number of esters is 1. The number of rotatable bonds is 5. The fourth-order valence-corrected chi connectivity index (χ4v) is 1.86. The topological polar surface area (TPSA) is 99.2 Å². The van der Waals surface area contributed by atoms with Gasteiger partial charge in [-0.1, -0.05) is 0 Å². The van der Waals surface area contributed by atoms with Crippen molar-refractivity contribution in [3.63, 3.8) is 0 Å². The van der Waals surface area contributed by atoms with E-state index in [9.17, 15) is 14.4 Å². The lowest BCUT2D eigenvalue weighted by Gasteiger charge is -2.34. The number of hydrogen-bond donors (Lipinski definition) is 2. The number of piperazine rings is 1. The van der Waals surface area contributed by atoms with E-state index in [0.717, 1.165) is 0 Å². The van der Waals surface area contributed by atoms with Crippen LogP contribution in [0.25, 0.3) is 0 Å². The Morgan fingerprint density at radius 2 is 1.85 bits per heavy atom. The van der Waals surface area contributed by atoms with Crippen molar-refractivity contribution in [3.05, 3.63) is 0 Å². The molecule has 2 amide bonds. The number of amides is 2. The van der Waals surface area contributed by atoms with Gasteiger partial charge in [0.2, 0.25) is 0 Å². The van der Waals surface area contributed by atoms with E-state index >= 15 is 0 Å². The molecule has 8 heteroatoms. The molecule has 2 N–H and O–H groups in total. The van der Waals surface area contributed by atoms with Gasteiger partial charge in [0, 0.05) is 32.7 Å². The van der Waals surface area contributed by atoms with E-state index < -0.39 is 12.0 Å². The molecule has 1 saturated heterocycles. The first-order valence-corrected chi connectivity index (χ1v) is 6.51. The summed E-state index contributed by atoms with van der Waals surface area (Å²) in [6.07, 6.45) is 0.332. The third-order valence-electron chi connectivity index (χ3n) is 3.23. The lowest BCUT2D eigenvalue weighted by molar-refractivity contribution is -0.141. The fourth-order valence-electron chi connectivity index (χ4n) is 1.86.